The lowest BCUT2D eigenvalue weighted by atomic mass is 9.98. The van der Waals surface area contributed by atoms with Crippen LogP contribution >= 0.6 is 0 Å². The number of carbonyl (C=O) groups is 6. The van der Waals surface area contributed by atoms with Crippen molar-refractivity contribution in [2.75, 3.05) is 13.2 Å². The number of rotatable bonds is 12. The minimum absolute atomic E-state index is 0.592. The Morgan fingerprint density at radius 3 is 1.40 bits per heavy atom. The molecule has 0 aliphatic heterocycles. The third-order valence-electron chi connectivity index (χ3n) is 3.35. The second-order valence-corrected chi connectivity index (χ2v) is 6.15. The number of aliphatic hydroxyl groups excluding tert-OH is 1. The molecule has 0 amide bonds. The lowest BCUT2D eigenvalue weighted by Gasteiger charge is -2.35. The van der Waals surface area contributed by atoms with Crippen molar-refractivity contribution in [3.05, 3.63) is 0 Å². The molecule has 12 nitrogen and oxygen atoms in total. The number of aliphatic hydroxyl groups is 1. The van der Waals surface area contributed by atoms with E-state index in [2.05, 4.69) is 0 Å². The lowest BCUT2D eigenvalue weighted by molar-refractivity contribution is -0.203. The molecule has 1 N–H and O–H groups in total. The van der Waals surface area contributed by atoms with E-state index in [0.717, 1.165) is 34.6 Å². The van der Waals surface area contributed by atoms with E-state index in [-0.39, 0.29) is 0 Å². The van der Waals surface area contributed by atoms with Gasteiger partial charge < -0.3 is 28.8 Å². The Bertz CT molecular complexity index is 656. The highest BCUT2D eigenvalue weighted by atomic mass is 16.6. The maximum atomic E-state index is 11.8. The van der Waals surface area contributed by atoms with Gasteiger partial charge in [0.1, 0.15) is 19.3 Å². The first-order valence-electron chi connectivity index (χ1n) is 8.82. The molecule has 0 aromatic carbocycles. The summed E-state index contributed by atoms with van der Waals surface area (Å²) in [5.74, 6) is -5.03. The number of hydrogen-bond acceptors (Lipinski definition) is 12. The first-order chi connectivity index (χ1) is 13.9. The third-order valence-corrected chi connectivity index (χ3v) is 3.35. The summed E-state index contributed by atoms with van der Waals surface area (Å²) in [4.78, 5) is 69.3. The second-order valence-electron chi connectivity index (χ2n) is 6.15. The van der Waals surface area contributed by atoms with Crippen LogP contribution < -0.4 is 0 Å². The van der Waals surface area contributed by atoms with Crippen LogP contribution in [-0.4, -0.2) is 78.4 Å². The molecule has 0 radical (unpaired) electrons. The van der Waals surface area contributed by atoms with Crippen LogP contribution in [0.1, 0.15) is 41.0 Å². The first-order valence-corrected chi connectivity index (χ1v) is 8.82. The molecule has 0 unspecified atom stereocenters. The summed E-state index contributed by atoms with van der Waals surface area (Å²) in [5, 5.41) is 9.03. The minimum atomic E-state index is -1.63. The predicted molar refractivity (Wildman–Crippen MR) is 95.6 cm³/mol. The van der Waals surface area contributed by atoms with Gasteiger partial charge in [-0.25, -0.2) is 0 Å². The van der Waals surface area contributed by atoms with E-state index in [1.165, 1.54) is 0 Å². The molecule has 0 aromatic rings. The smallest absolute Gasteiger partial charge is 0.303 e. The molecule has 170 valence electrons. The maximum absolute atomic E-state index is 11.8. The Morgan fingerprint density at radius 2 is 1.03 bits per heavy atom. The van der Waals surface area contributed by atoms with Gasteiger partial charge in [-0.05, 0) is 0 Å². The van der Waals surface area contributed by atoms with Gasteiger partial charge in [-0.3, -0.25) is 28.8 Å². The van der Waals surface area contributed by atoms with Gasteiger partial charge in [0.25, 0.3) is 0 Å². The van der Waals surface area contributed by atoms with Gasteiger partial charge in [0.05, 0.1) is 0 Å². The zero-order chi connectivity index (χ0) is 23.4. The van der Waals surface area contributed by atoms with E-state index >= 15 is 0 Å². The van der Waals surface area contributed by atoms with Gasteiger partial charge in [0.2, 0.25) is 0 Å². The van der Waals surface area contributed by atoms with Gasteiger partial charge in [0, 0.05) is 41.0 Å². The molecule has 0 heterocycles. The van der Waals surface area contributed by atoms with Gasteiger partial charge in [-0.15, -0.1) is 0 Å². The van der Waals surface area contributed by atoms with E-state index in [1.54, 1.807) is 0 Å². The van der Waals surface area contributed by atoms with Gasteiger partial charge in [-0.2, -0.15) is 0 Å². The summed E-state index contributed by atoms with van der Waals surface area (Å²) in [6, 6.07) is 0. The Hall–Kier alpha value is -3.02. The van der Waals surface area contributed by atoms with Crippen LogP contribution in [0, 0.1) is 0 Å². The lowest BCUT2D eigenvalue weighted by Crippen LogP contribution is -2.53. The first kappa shape index (κ1) is 27.0. The molecule has 0 aliphatic rings. The van der Waals surface area contributed by atoms with Crippen LogP contribution in [0.4, 0.5) is 0 Å². The summed E-state index contributed by atoms with van der Waals surface area (Å²) in [5.41, 5.74) is 0. The Morgan fingerprint density at radius 1 is 0.633 bits per heavy atom. The molecule has 0 aromatic heterocycles. The van der Waals surface area contributed by atoms with Crippen LogP contribution in [0.5, 0.6) is 0 Å². The molecule has 0 saturated carbocycles. The van der Waals surface area contributed by atoms with E-state index in [1.807, 2.05) is 0 Å². The van der Waals surface area contributed by atoms with Crippen molar-refractivity contribution in [1.29, 1.82) is 0 Å². The highest BCUT2D eigenvalue weighted by Gasteiger charge is 2.44. The number of Topliss-reactive ketones (excluding diaryl/α,β-unsaturated/α-hetero) is 1. The fraction of sp³-hybridized carbons (Fsp3) is 0.667. The van der Waals surface area contributed by atoms with Crippen LogP contribution in [0.2, 0.25) is 0 Å². The largest absolute Gasteiger partial charge is 0.462 e. The van der Waals surface area contributed by atoms with Crippen LogP contribution in [0.15, 0.2) is 0 Å². The van der Waals surface area contributed by atoms with Crippen molar-refractivity contribution >= 4 is 35.6 Å². The molecule has 0 rings (SSSR count). The van der Waals surface area contributed by atoms with Gasteiger partial charge >= 0.3 is 29.8 Å². The molecule has 0 saturated heterocycles. The summed E-state index contributed by atoms with van der Waals surface area (Å²) in [6.45, 7) is 3.65. The highest BCUT2D eigenvalue weighted by molar-refractivity contribution is 5.80. The number of carbonyl (C=O) groups excluding carboxylic acids is 6. The SMILES string of the molecule is CC(=O)OC[C@@H](OC(C)=O)[C@@H](OC(C)=O)[C@H](OC(C)=O)[C@@H](CC(=O)CO)OC(C)=O. The van der Waals surface area contributed by atoms with Crippen LogP contribution in [-0.2, 0) is 52.5 Å². The fourth-order valence-corrected chi connectivity index (χ4v) is 2.43. The van der Waals surface area contributed by atoms with Gasteiger partial charge in [0.15, 0.2) is 24.1 Å². The summed E-state index contributed by atoms with van der Waals surface area (Å²) in [6.07, 6.45) is -6.84. The van der Waals surface area contributed by atoms with Crippen molar-refractivity contribution < 1.29 is 57.6 Å². The topological polar surface area (TPSA) is 169 Å². The Labute approximate surface area is 172 Å². The van der Waals surface area contributed by atoms with Crippen molar-refractivity contribution in [3.8, 4) is 0 Å². The van der Waals surface area contributed by atoms with Crippen molar-refractivity contribution in [1.82, 2.24) is 0 Å². The zero-order valence-electron chi connectivity index (χ0n) is 17.4. The normalized spacial score (nSPS) is 14.3. The summed E-state index contributed by atoms with van der Waals surface area (Å²) in [7, 11) is 0. The Balaban J connectivity index is 6.26. The van der Waals surface area contributed by atoms with E-state index in [9.17, 15) is 28.8 Å². The minimum Gasteiger partial charge on any atom is -0.462 e. The highest BCUT2D eigenvalue weighted by Crippen LogP contribution is 2.22. The van der Waals surface area contributed by atoms with Crippen molar-refractivity contribution in [2.45, 2.75) is 65.5 Å². The second kappa shape index (κ2) is 13.2. The van der Waals surface area contributed by atoms with E-state index in [4.69, 9.17) is 28.8 Å². The predicted octanol–water partition coefficient (Wildman–Crippen LogP) is -0.772. The van der Waals surface area contributed by atoms with Crippen LogP contribution in [0.3, 0.4) is 0 Å². The summed E-state index contributed by atoms with van der Waals surface area (Å²) >= 11 is 0. The molecule has 12 heteroatoms. The van der Waals surface area contributed by atoms with Gasteiger partial charge in [-0.1, -0.05) is 0 Å². The number of esters is 5. The molecule has 30 heavy (non-hydrogen) atoms. The summed E-state index contributed by atoms with van der Waals surface area (Å²) < 4.78 is 25.2. The molecule has 0 aliphatic carbocycles. The van der Waals surface area contributed by atoms with Crippen molar-refractivity contribution in [3.63, 3.8) is 0 Å². The fourth-order valence-electron chi connectivity index (χ4n) is 2.43. The monoisotopic (exact) mass is 434 g/mol. The average Bonchev–Trinajstić information content (AvgIpc) is 2.59. The molecule has 0 fully saturated rings. The number of ketones is 1. The molecular weight excluding hydrogens is 408 g/mol. The van der Waals surface area contributed by atoms with E-state index < -0.39 is 79.7 Å². The standard InChI is InChI=1S/C18H26O12/c1-9(20)26-8-16(28-11(3)22)18(30-13(5)24)17(29-12(4)23)15(27-10(2)21)6-14(25)7-19/h15-19H,6-8H2,1-5H3/t15-,16-,17-,18-/m1/s1. The molecule has 0 bridgehead atoms. The van der Waals surface area contributed by atoms with E-state index in [0.29, 0.717) is 0 Å². The van der Waals surface area contributed by atoms with Crippen LogP contribution in [0.25, 0.3) is 0 Å². The quantitative estimate of drug-likeness (QED) is 0.301. The third kappa shape index (κ3) is 11.1. The molecule has 0 spiro atoms. The van der Waals surface area contributed by atoms with Crippen molar-refractivity contribution in [2.24, 2.45) is 0 Å². The maximum Gasteiger partial charge on any atom is 0.303 e. The number of hydrogen-bond donors (Lipinski definition) is 1. The Kier molecular flexibility index (Phi) is 11.9. The molecular formula is C18H26O12. The zero-order valence-corrected chi connectivity index (χ0v) is 17.4. The average molecular weight is 434 g/mol. The molecule has 4 atom stereocenters. The number of ether oxygens (including phenoxy) is 5.